The van der Waals surface area contributed by atoms with E-state index in [1.807, 2.05) is 0 Å². The van der Waals surface area contributed by atoms with E-state index in [9.17, 15) is 23.5 Å². The van der Waals surface area contributed by atoms with Crippen LogP contribution in [0.15, 0.2) is 72.3 Å². The molecule has 1 aliphatic rings. The molecule has 0 aromatic heterocycles. The van der Waals surface area contributed by atoms with E-state index in [1.165, 1.54) is 50.4 Å². The van der Waals surface area contributed by atoms with E-state index in [-0.39, 0.29) is 22.4 Å². The Hall–Kier alpha value is -4.00. The summed E-state index contributed by atoms with van der Waals surface area (Å²) < 4.78 is 33.0. The van der Waals surface area contributed by atoms with E-state index >= 15 is 0 Å². The Morgan fingerprint density at radius 3 is 2.44 bits per heavy atom. The van der Waals surface area contributed by atoms with Gasteiger partial charge < -0.3 is 9.84 Å². The molecule has 1 unspecified atom stereocenters. The number of carbonyl (C=O) groups is 2. The summed E-state index contributed by atoms with van der Waals surface area (Å²) in [6.45, 7) is 1.52. The number of carbonyl (C=O) groups excluding carboxylic acids is 2. The SMILES string of the molecule is COc1cccc(C2/C(=C(\O)c3ccc(F)c(C)c3)C(=O)C(=O)N2c2cccc(F)c2)c1. The van der Waals surface area contributed by atoms with Gasteiger partial charge in [-0.3, -0.25) is 14.5 Å². The highest BCUT2D eigenvalue weighted by atomic mass is 19.1. The van der Waals surface area contributed by atoms with Crippen LogP contribution in [0.3, 0.4) is 0 Å². The van der Waals surface area contributed by atoms with Crippen molar-refractivity contribution in [3.05, 3.63) is 101 Å². The smallest absolute Gasteiger partial charge is 0.300 e. The van der Waals surface area contributed by atoms with Crippen molar-refractivity contribution in [2.45, 2.75) is 13.0 Å². The van der Waals surface area contributed by atoms with Crippen molar-refractivity contribution in [2.24, 2.45) is 0 Å². The fraction of sp³-hybridized carbons (Fsp3) is 0.120. The number of amides is 1. The van der Waals surface area contributed by atoms with Crippen LogP contribution < -0.4 is 9.64 Å². The second-order valence-corrected chi connectivity index (χ2v) is 7.39. The number of aliphatic hydroxyl groups excluding tert-OH is 1. The predicted octanol–water partition coefficient (Wildman–Crippen LogP) is 4.91. The minimum Gasteiger partial charge on any atom is -0.507 e. The van der Waals surface area contributed by atoms with E-state index in [0.717, 1.165) is 11.0 Å². The molecule has 3 aromatic rings. The molecule has 1 amide bonds. The topological polar surface area (TPSA) is 66.8 Å². The predicted molar refractivity (Wildman–Crippen MR) is 115 cm³/mol. The van der Waals surface area contributed by atoms with Crippen LogP contribution in [0.4, 0.5) is 14.5 Å². The zero-order chi connectivity index (χ0) is 23.0. The summed E-state index contributed by atoms with van der Waals surface area (Å²) >= 11 is 0. The van der Waals surface area contributed by atoms with Gasteiger partial charge in [0, 0.05) is 11.3 Å². The van der Waals surface area contributed by atoms with Gasteiger partial charge in [-0.25, -0.2) is 8.78 Å². The van der Waals surface area contributed by atoms with Gasteiger partial charge in [-0.2, -0.15) is 0 Å². The van der Waals surface area contributed by atoms with Gasteiger partial charge >= 0.3 is 0 Å². The highest BCUT2D eigenvalue weighted by Gasteiger charge is 2.47. The minimum absolute atomic E-state index is 0.161. The van der Waals surface area contributed by atoms with Gasteiger partial charge in [0.2, 0.25) is 0 Å². The number of hydrogen-bond acceptors (Lipinski definition) is 4. The molecule has 0 bridgehead atoms. The molecule has 3 aromatic carbocycles. The van der Waals surface area contributed by atoms with Crippen molar-refractivity contribution < 1.29 is 28.2 Å². The Balaban J connectivity index is 1.97. The largest absolute Gasteiger partial charge is 0.507 e. The van der Waals surface area contributed by atoms with Crippen molar-refractivity contribution in [2.75, 3.05) is 12.0 Å². The van der Waals surface area contributed by atoms with Gasteiger partial charge in [-0.1, -0.05) is 18.2 Å². The van der Waals surface area contributed by atoms with Gasteiger partial charge in [-0.05, 0) is 66.6 Å². The molecule has 0 spiro atoms. The number of aryl methyl sites for hydroxylation is 1. The minimum atomic E-state index is -1.04. The lowest BCUT2D eigenvalue weighted by atomic mass is 9.94. The van der Waals surface area contributed by atoms with Crippen LogP contribution in [-0.2, 0) is 9.59 Å². The number of benzene rings is 3. The number of methoxy groups -OCH3 is 1. The average molecular weight is 435 g/mol. The molecular formula is C25H19F2NO4. The van der Waals surface area contributed by atoms with Gasteiger partial charge in [0.25, 0.3) is 11.7 Å². The molecule has 0 saturated carbocycles. The summed E-state index contributed by atoms with van der Waals surface area (Å²) in [6, 6.07) is 14.8. The zero-order valence-electron chi connectivity index (χ0n) is 17.3. The first-order valence-electron chi connectivity index (χ1n) is 9.79. The first-order valence-corrected chi connectivity index (χ1v) is 9.79. The molecule has 7 heteroatoms. The quantitative estimate of drug-likeness (QED) is 0.359. The number of aliphatic hydroxyl groups is 1. The Kier molecular flexibility index (Phi) is 5.48. The standard InChI is InChI=1S/C25H19F2NO4/c1-14-11-16(9-10-20(14)27)23(29)21-22(15-5-3-8-19(12-15)32-2)28(25(31)24(21)30)18-7-4-6-17(26)13-18/h3-13,22,29H,1-2H3/b23-21+. The van der Waals surface area contributed by atoms with Crippen LogP contribution in [-0.4, -0.2) is 23.9 Å². The Bertz CT molecular complexity index is 1270. The second-order valence-electron chi connectivity index (χ2n) is 7.39. The molecule has 4 rings (SSSR count). The average Bonchev–Trinajstić information content (AvgIpc) is 3.06. The maximum atomic E-state index is 14.0. The first-order chi connectivity index (χ1) is 15.3. The monoisotopic (exact) mass is 435 g/mol. The number of ketones is 1. The van der Waals surface area contributed by atoms with Crippen LogP contribution >= 0.6 is 0 Å². The van der Waals surface area contributed by atoms with Gasteiger partial charge in [0.1, 0.15) is 23.1 Å². The van der Waals surface area contributed by atoms with E-state index in [1.54, 1.807) is 24.3 Å². The number of rotatable bonds is 4. The molecule has 1 fully saturated rings. The van der Waals surface area contributed by atoms with E-state index in [4.69, 9.17) is 4.74 Å². The third-order valence-electron chi connectivity index (χ3n) is 5.37. The Morgan fingerprint density at radius 1 is 1.00 bits per heavy atom. The fourth-order valence-electron chi connectivity index (χ4n) is 3.80. The fourth-order valence-corrected chi connectivity index (χ4v) is 3.80. The third-order valence-corrected chi connectivity index (χ3v) is 5.37. The van der Waals surface area contributed by atoms with Crippen molar-refractivity contribution >= 4 is 23.1 Å². The molecule has 0 aliphatic carbocycles. The van der Waals surface area contributed by atoms with Crippen molar-refractivity contribution in [3.63, 3.8) is 0 Å². The second kappa shape index (κ2) is 8.26. The first kappa shape index (κ1) is 21.2. The van der Waals surface area contributed by atoms with Crippen LogP contribution in [0.2, 0.25) is 0 Å². The number of ether oxygens (including phenoxy) is 1. The summed E-state index contributed by atoms with van der Waals surface area (Å²) in [5, 5.41) is 11.1. The lowest BCUT2D eigenvalue weighted by Crippen LogP contribution is -2.29. The number of Topliss-reactive ketones (excluding diaryl/α,β-unsaturated/α-hetero) is 1. The third kappa shape index (κ3) is 3.62. The Morgan fingerprint density at radius 2 is 1.75 bits per heavy atom. The zero-order valence-corrected chi connectivity index (χ0v) is 17.3. The summed E-state index contributed by atoms with van der Waals surface area (Å²) in [7, 11) is 1.48. The van der Waals surface area contributed by atoms with Crippen LogP contribution in [0.1, 0.15) is 22.7 Å². The lowest BCUT2D eigenvalue weighted by Gasteiger charge is -2.25. The maximum Gasteiger partial charge on any atom is 0.300 e. The van der Waals surface area contributed by atoms with Gasteiger partial charge in [-0.15, -0.1) is 0 Å². The molecule has 1 atom stereocenters. The summed E-state index contributed by atoms with van der Waals surface area (Å²) in [4.78, 5) is 27.3. The Labute approximate surface area is 183 Å². The number of hydrogen-bond donors (Lipinski definition) is 1. The number of halogens is 2. The van der Waals surface area contributed by atoms with E-state index in [0.29, 0.717) is 11.3 Å². The number of anilines is 1. The van der Waals surface area contributed by atoms with E-state index in [2.05, 4.69) is 0 Å². The van der Waals surface area contributed by atoms with Crippen molar-refractivity contribution in [1.82, 2.24) is 0 Å². The van der Waals surface area contributed by atoms with E-state index < -0.39 is 35.1 Å². The normalized spacial score (nSPS) is 17.6. The van der Waals surface area contributed by atoms with Crippen LogP contribution in [0, 0.1) is 18.6 Å². The molecule has 162 valence electrons. The molecule has 0 radical (unpaired) electrons. The molecule has 32 heavy (non-hydrogen) atoms. The van der Waals surface area contributed by atoms with Gasteiger partial charge in [0.15, 0.2) is 0 Å². The van der Waals surface area contributed by atoms with Crippen molar-refractivity contribution in [3.8, 4) is 5.75 Å². The summed E-state index contributed by atoms with van der Waals surface area (Å²) in [5.41, 5.74) is 0.918. The van der Waals surface area contributed by atoms with Crippen LogP contribution in [0.25, 0.3) is 5.76 Å². The highest BCUT2D eigenvalue weighted by molar-refractivity contribution is 6.51. The molecule has 1 aliphatic heterocycles. The summed E-state index contributed by atoms with van der Waals surface area (Å²) in [5.74, 6) is -2.86. The number of nitrogens with zero attached hydrogens (tertiary/aromatic N) is 1. The van der Waals surface area contributed by atoms with Crippen LogP contribution in [0.5, 0.6) is 5.75 Å². The molecule has 1 heterocycles. The summed E-state index contributed by atoms with van der Waals surface area (Å²) in [6.07, 6.45) is 0. The molecule has 5 nitrogen and oxygen atoms in total. The molecular weight excluding hydrogens is 416 g/mol. The van der Waals surface area contributed by atoms with Gasteiger partial charge in [0.05, 0.1) is 18.7 Å². The molecule has 1 N–H and O–H groups in total. The highest BCUT2D eigenvalue weighted by Crippen LogP contribution is 2.43. The maximum absolute atomic E-state index is 14.0. The molecule has 1 saturated heterocycles. The lowest BCUT2D eigenvalue weighted by molar-refractivity contribution is -0.132. The van der Waals surface area contributed by atoms with Crippen molar-refractivity contribution in [1.29, 1.82) is 0 Å².